The van der Waals surface area contributed by atoms with Gasteiger partial charge in [-0.25, -0.2) is 4.98 Å². The molecule has 3 aromatic rings. The van der Waals surface area contributed by atoms with Crippen LogP contribution in [-0.2, 0) is 14.3 Å². The van der Waals surface area contributed by atoms with Gasteiger partial charge in [0.25, 0.3) is 6.47 Å². The number of aromatic nitrogens is 3. The van der Waals surface area contributed by atoms with Gasteiger partial charge in [-0.05, 0) is 55.8 Å². The fraction of sp³-hybridized carbons (Fsp3) is 0.286. The second-order valence-electron chi connectivity index (χ2n) is 6.67. The Labute approximate surface area is 164 Å². The van der Waals surface area contributed by atoms with E-state index in [1.54, 1.807) is 12.4 Å². The number of aryl methyl sites for hydroxylation is 2. The Balaban J connectivity index is 0.000000552. The summed E-state index contributed by atoms with van der Waals surface area (Å²) in [6.45, 7) is 4.40. The molecule has 1 amide bonds. The summed E-state index contributed by atoms with van der Waals surface area (Å²) >= 11 is 0. The molecule has 28 heavy (non-hydrogen) atoms. The molecule has 0 aromatic carbocycles. The topological polar surface area (TPSA) is 94.1 Å². The zero-order valence-electron chi connectivity index (χ0n) is 16.1. The molecule has 4 rings (SSSR count). The number of hydrogen-bond acceptors (Lipinski definition) is 6. The number of carbonyl (C=O) groups is 2. The van der Waals surface area contributed by atoms with Crippen molar-refractivity contribution in [1.29, 1.82) is 0 Å². The minimum Gasteiger partial charge on any atom is -0.471 e. The van der Waals surface area contributed by atoms with E-state index in [1.165, 1.54) is 7.11 Å². The maximum Gasteiger partial charge on any atom is 0.292 e. The van der Waals surface area contributed by atoms with Crippen molar-refractivity contribution in [3.8, 4) is 11.3 Å². The number of ether oxygens (including phenoxy) is 1. The van der Waals surface area contributed by atoms with Crippen molar-refractivity contribution >= 4 is 29.0 Å². The molecule has 0 aliphatic heterocycles. The minimum absolute atomic E-state index is 0. The number of anilines is 1. The third-order valence-corrected chi connectivity index (χ3v) is 4.52. The monoisotopic (exact) mass is 380 g/mol. The van der Waals surface area contributed by atoms with Gasteiger partial charge in [-0.3, -0.25) is 19.6 Å². The smallest absolute Gasteiger partial charge is 0.292 e. The molecular formula is C21H24N4O3. The Morgan fingerprint density at radius 2 is 2.04 bits per heavy atom. The van der Waals surface area contributed by atoms with Crippen LogP contribution in [0.25, 0.3) is 22.0 Å². The quantitative estimate of drug-likeness (QED) is 0.694. The van der Waals surface area contributed by atoms with Crippen molar-refractivity contribution in [1.82, 2.24) is 15.0 Å². The molecule has 0 unspecified atom stereocenters. The van der Waals surface area contributed by atoms with Crippen LogP contribution in [0.4, 0.5) is 5.82 Å². The summed E-state index contributed by atoms with van der Waals surface area (Å²) in [5.74, 6) is 0.824. The van der Waals surface area contributed by atoms with Crippen molar-refractivity contribution in [2.75, 3.05) is 12.4 Å². The summed E-state index contributed by atoms with van der Waals surface area (Å²) in [5.41, 5.74) is 3.95. The summed E-state index contributed by atoms with van der Waals surface area (Å²) in [5, 5.41) is 4.91. The predicted molar refractivity (Wildman–Crippen MR) is 109 cm³/mol. The van der Waals surface area contributed by atoms with Crippen LogP contribution in [-0.4, -0.2) is 34.4 Å². The molecule has 146 valence electrons. The van der Waals surface area contributed by atoms with Gasteiger partial charge >= 0.3 is 0 Å². The maximum absolute atomic E-state index is 11.9. The Morgan fingerprint density at radius 1 is 1.29 bits per heavy atom. The van der Waals surface area contributed by atoms with Gasteiger partial charge in [-0.15, -0.1) is 0 Å². The lowest BCUT2D eigenvalue weighted by Gasteiger charge is -2.10. The molecule has 1 aliphatic carbocycles. The third-order valence-electron chi connectivity index (χ3n) is 4.52. The van der Waals surface area contributed by atoms with E-state index in [4.69, 9.17) is 9.78 Å². The number of pyridine rings is 3. The largest absolute Gasteiger partial charge is 0.471 e. The average molecular weight is 380 g/mol. The molecule has 7 nitrogen and oxygen atoms in total. The van der Waals surface area contributed by atoms with Crippen molar-refractivity contribution in [2.24, 2.45) is 5.92 Å². The Bertz CT molecular complexity index is 1020. The molecule has 0 saturated heterocycles. The highest BCUT2D eigenvalue weighted by molar-refractivity contribution is 5.96. The lowest BCUT2D eigenvalue weighted by atomic mass is 10.0. The summed E-state index contributed by atoms with van der Waals surface area (Å²) in [6.07, 6.45) is 7.35. The van der Waals surface area contributed by atoms with Crippen LogP contribution >= 0.6 is 0 Å². The number of hydrogen-bond donors (Lipinski definition) is 1. The molecule has 0 spiro atoms. The van der Waals surface area contributed by atoms with Crippen molar-refractivity contribution in [3.63, 3.8) is 0 Å². The van der Waals surface area contributed by atoms with Crippen LogP contribution in [0.5, 0.6) is 0 Å². The molecule has 1 aliphatic rings. The fourth-order valence-corrected chi connectivity index (χ4v) is 2.83. The lowest BCUT2D eigenvalue weighted by Crippen LogP contribution is -2.14. The SMILES string of the molecule is COC=O.Cc1ccncc1-c1cc2cc(NC(=O)C3CC3)ncc2c(C)n1.[HH]. The number of nitrogens with zero attached hydrogens (tertiary/aromatic N) is 3. The molecule has 3 heterocycles. The van der Waals surface area contributed by atoms with Crippen molar-refractivity contribution in [2.45, 2.75) is 26.7 Å². The molecule has 0 radical (unpaired) electrons. The normalized spacial score (nSPS) is 12.7. The van der Waals surface area contributed by atoms with E-state index >= 15 is 0 Å². The maximum atomic E-state index is 11.9. The molecular weight excluding hydrogens is 356 g/mol. The highest BCUT2D eigenvalue weighted by Gasteiger charge is 2.29. The van der Waals surface area contributed by atoms with Gasteiger partial charge in [0.1, 0.15) is 5.82 Å². The molecule has 1 N–H and O–H groups in total. The Kier molecular flexibility index (Phi) is 5.93. The number of carbonyl (C=O) groups excluding carboxylic acids is 2. The first-order chi connectivity index (χ1) is 13.5. The number of nitrogens with one attached hydrogen (secondary N) is 1. The highest BCUT2D eigenvalue weighted by atomic mass is 16.5. The third kappa shape index (κ3) is 4.49. The molecule has 0 atom stereocenters. The van der Waals surface area contributed by atoms with Gasteiger partial charge < -0.3 is 10.1 Å². The van der Waals surface area contributed by atoms with E-state index in [2.05, 4.69) is 20.0 Å². The standard InChI is InChI=1S/C19H18N4O.C2H4O2.H2/c1-11-5-6-20-9-15(11)17-7-14-8-18(23-19(24)13-3-4-13)21-10-16(14)12(2)22-17;1-4-2-3;/h5-10,13H,3-4H2,1-2H3,(H,21,23,24);2H,1H3;1H. The van der Waals surface area contributed by atoms with Crippen LogP contribution in [0.1, 0.15) is 25.5 Å². The van der Waals surface area contributed by atoms with Gasteiger partial charge in [0.15, 0.2) is 0 Å². The summed E-state index contributed by atoms with van der Waals surface area (Å²) in [4.78, 5) is 34.1. The van der Waals surface area contributed by atoms with Crippen molar-refractivity contribution in [3.05, 3.63) is 48.0 Å². The first-order valence-corrected chi connectivity index (χ1v) is 8.99. The second-order valence-corrected chi connectivity index (χ2v) is 6.67. The summed E-state index contributed by atoms with van der Waals surface area (Å²) < 4.78 is 3.86. The van der Waals surface area contributed by atoms with Gasteiger partial charge in [-0.2, -0.15) is 0 Å². The molecule has 7 heteroatoms. The van der Waals surface area contributed by atoms with E-state index in [-0.39, 0.29) is 13.3 Å². The van der Waals surface area contributed by atoms with Crippen LogP contribution in [0.15, 0.2) is 36.8 Å². The predicted octanol–water partition coefficient (Wildman–Crippen LogP) is 3.69. The Hall–Kier alpha value is -3.35. The highest BCUT2D eigenvalue weighted by Crippen LogP contribution is 2.31. The van der Waals surface area contributed by atoms with Crippen LogP contribution in [0.3, 0.4) is 0 Å². The van der Waals surface area contributed by atoms with E-state index in [0.29, 0.717) is 12.3 Å². The molecule has 1 fully saturated rings. The van der Waals surface area contributed by atoms with Gasteiger partial charge in [0.05, 0.1) is 12.8 Å². The summed E-state index contributed by atoms with van der Waals surface area (Å²) in [6, 6.07) is 5.92. The van der Waals surface area contributed by atoms with Crippen molar-refractivity contribution < 1.29 is 15.8 Å². The number of amides is 1. The van der Waals surface area contributed by atoms with E-state index in [1.807, 2.05) is 38.2 Å². The fourth-order valence-electron chi connectivity index (χ4n) is 2.83. The molecule has 0 bridgehead atoms. The number of fused-ring (bicyclic) bond motifs is 1. The number of rotatable bonds is 4. The van der Waals surface area contributed by atoms with Gasteiger partial charge in [-0.1, -0.05) is 0 Å². The van der Waals surface area contributed by atoms with Crippen LogP contribution in [0.2, 0.25) is 0 Å². The first kappa shape index (κ1) is 19.4. The van der Waals surface area contributed by atoms with E-state index in [9.17, 15) is 4.79 Å². The average Bonchev–Trinajstić information content (AvgIpc) is 3.53. The van der Waals surface area contributed by atoms with Crippen LogP contribution < -0.4 is 5.32 Å². The zero-order valence-corrected chi connectivity index (χ0v) is 16.1. The van der Waals surface area contributed by atoms with E-state index in [0.717, 1.165) is 46.1 Å². The zero-order chi connectivity index (χ0) is 20.1. The molecule has 1 saturated carbocycles. The minimum atomic E-state index is 0. The van der Waals surface area contributed by atoms with Gasteiger partial charge in [0, 0.05) is 42.6 Å². The lowest BCUT2D eigenvalue weighted by molar-refractivity contribution is -0.126. The van der Waals surface area contributed by atoms with Gasteiger partial charge in [0.2, 0.25) is 5.91 Å². The number of methoxy groups -OCH3 is 1. The molecule has 3 aromatic heterocycles. The Morgan fingerprint density at radius 3 is 2.68 bits per heavy atom. The first-order valence-electron chi connectivity index (χ1n) is 8.99. The summed E-state index contributed by atoms with van der Waals surface area (Å²) in [7, 11) is 1.31. The van der Waals surface area contributed by atoms with Crippen LogP contribution in [0, 0.1) is 19.8 Å². The van der Waals surface area contributed by atoms with E-state index < -0.39 is 0 Å². The second kappa shape index (κ2) is 8.56.